The molecule has 0 aliphatic rings. The number of esters is 2. The molecule has 11 heteroatoms. The molecule has 0 bridgehead atoms. The lowest BCUT2D eigenvalue weighted by Crippen LogP contribution is -2.16. The molecule has 2 heterocycles. The fraction of sp³-hybridized carbons (Fsp3) is 0.238. The second-order valence-corrected chi connectivity index (χ2v) is 8.05. The van der Waals surface area contributed by atoms with Crippen molar-refractivity contribution < 1.29 is 28.6 Å². The molecule has 0 aliphatic heterocycles. The standard InChI is InChI=1S/C21H20ClN3O6S/c1-11-9-13(5-6-14(11)22)31-10-25-8-7-15(24-25)18(26)23-19-16(20(27)29-3)12(2)17(32-19)21(28)30-4/h5-9H,10H2,1-4H3,(H,23,26). The van der Waals surface area contributed by atoms with Crippen LogP contribution in [0.1, 0.15) is 41.6 Å². The van der Waals surface area contributed by atoms with Crippen LogP contribution in [0.25, 0.3) is 0 Å². The summed E-state index contributed by atoms with van der Waals surface area (Å²) in [6.07, 6.45) is 1.58. The number of carbonyl (C=O) groups excluding carboxylic acids is 3. The van der Waals surface area contributed by atoms with Crippen LogP contribution >= 0.6 is 22.9 Å². The van der Waals surface area contributed by atoms with Crippen molar-refractivity contribution in [2.45, 2.75) is 20.6 Å². The SMILES string of the molecule is COC(=O)c1sc(NC(=O)c2ccn(COc3ccc(Cl)c(C)c3)n2)c(C(=O)OC)c1C. The van der Waals surface area contributed by atoms with Gasteiger partial charge in [0, 0.05) is 11.2 Å². The van der Waals surface area contributed by atoms with Crippen molar-refractivity contribution in [3.63, 3.8) is 0 Å². The zero-order chi connectivity index (χ0) is 23.4. The van der Waals surface area contributed by atoms with Crippen molar-refractivity contribution >= 4 is 45.8 Å². The minimum absolute atomic E-state index is 0.0758. The highest BCUT2D eigenvalue weighted by Crippen LogP contribution is 2.34. The van der Waals surface area contributed by atoms with Gasteiger partial charge in [-0.2, -0.15) is 5.10 Å². The van der Waals surface area contributed by atoms with Gasteiger partial charge in [0.1, 0.15) is 15.6 Å². The van der Waals surface area contributed by atoms with E-state index in [4.69, 9.17) is 25.8 Å². The molecule has 0 spiro atoms. The summed E-state index contributed by atoms with van der Waals surface area (Å²) in [7, 11) is 2.45. The van der Waals surface area contributed by atoms with Gasteiger partial charge >= 0.3 is 11.9 Å². The average Bonchev–Trinajstić information content (AvgIpc) is 3.38. The monoisotopic (exact) mass is 477 g/mol. The largest absolute Gasteiger partial charge is 0.471 e. The first-order valence-corrected chi connectivity index (χ1v) is 10.5. The fourth-order valence-corrected chi connectivity index (χ4v) is 4.03. The number of carbonyl (C=O) groups is 3. The van der Waals surface area contributed by atoms with Crippen molar-refractivity contribution in [3.05, 3.63) is 62.7 Å². The maximum Gasteiger partial charge on any atom is 0.348 e. The number of benzene rings is 1. The fourth-order valence-electron chi connectivity index (χ4n) is 2.81. The first kappa shape index (κ1) is 23.3. The third kappa shape index (κ3) is 4.92. The van der Waals surface area contributed by atoms with Crippen LogP contribution in [0.4, 0.5) is 5.00 Å². The van der Waals surface area contributed by atoms with Crippen LogP contribution in [-0.4, -0.2) is 41.8 Å². The lowest BCUT2D eigenvalue weighted by Gasteiger charge is -2.08. The molecule has 3 aromatic rings. The van der Waals surface area contributed by atoms with E-state index in [1.54, 1.807) is 31.3 Å². The van der Waals surface area contributed by atoms with Gasteiger partial charge in [-0.15, -0.1) is 11.3 Å². The van der Waals surface area contributed by atoms with Crippen LogP contribution in [-0.2, 0) is 16.2 Å². The molecule has 0 unspecified atom stereocenters. The molecule has 0 aliphatic carbocycles. The number of hydrogen-bond donors (Lipinski definition) is 1. The Bertz CT molecular complexity index is 1190. The molecule has 1 aromatic carbocycles. The van der Waals surface area contributed by atoms with Crippen molar-refractivity contribution in [2.24, 2.45) is 0 Å². The zero-order valence-electron chi connectivity index (χ0n) is 17.7. The lowest BCUT2D eigenvalue weighted by atomic mass is 10.1. The normalized spacial score (nSPS) is 10.5. The maximum absolute atomic E-state index is 12.7. The summed E-state index contributed by atoms with van der Waals surface area (Å²) in [5.41, 5.74) is 1.43. The Kier molecular flexibility index (Phi) is 7.16. The van der Waals surface area contributed by atoms with Crippen LogP contribution < -0.4 is 10.1 Å². The van der Waals surface area contributed by atoms with Crippen molar-refractivity contribution in [1.29, 1.82) is 0 Å². The minimum atomic E-state index is -0.679. The number of amides is 1. The molecule has 1 amide bonds. The molecule has 0 fully saturated rings. The quantitative estimate of drug-likeness (QED) is 0.511. The summed E-state index contributed by atoms with van der Waals surface area (Å²) in [5.74, 6) is -1.24. The van der Waals surface area contributed by atoms with Crippen LogP contribution in [0.5, 0.6) is 5.75 Å². The van der Waals surface area contributed by atoms with E-state index < -0.39 is 17.8 Å². The number of thiophene rings is 1. The Morgan fingerprint density at radius 3 is 2.50 bits per heavy atom. The number of methoxy groups -OCH3 is 2. The van der Waals surface area contributed by atoms with Crippen molar-refractivity contribution in [3.8, 4) is 5.75 Å². The van der Waals surface area contributed by atoms with Gasteiger partial charge in [-0.05, 0) is 49.2 Å². The summed E-state index contributed by atoms with van der Waals surface area (Å²) >= 11 is 6.93. The average molecular weight is 478 g/mol. The number of aromatic nitrogens is 2. The van der Waals surface area contributed by atoms with Crippen LogP contribution in [0.15, 0.2) is 30.5 Å². The zero-order valence-corrected chi connectivity index (χ0v) is 19.3. The number of nitrogens with zero attached hydrogens (tertiary/aromatic N) is 2. The molecule has 0 saturated carbocycles. The summed E-state index contributed by atoms with van der Waals surface area (Å²) in [6, 6.07) is 6.77. The van der Waals surface area contributed by atoms with Crippen LogP contribution in [0.3, 0.4) is 0 Å². The maximum atomic E-state index is 12.7. The molecule has 3 rings (SSSR count). The third-order valence-electron chi connectivity index (χ3n) is 4.50. The number of nitrogens with one attached hydrogen (secondary N) is 1. The van der Waals surface area contributed by atoms with Gasteiger partial charge in [0.05, 0.1) is 19.8 Å². The molecule has 0 radical (unpaired) electrons. The van der Waals surface area contributed by atoms with E-state index in [1.807, 2.05) is 6.92 Å². The van der Waals surface area contributed by atoms with Gasteiger partial charge < -0.3 is 19.5 Å². The molecule has 0 saturated heterocycles. The molecular formula is C21H20ClN3O6S. The summed E-state index contributed by atoms with van der Waals surface area (Å²) in [6.45, 7) is 3.52. The summed E-state index contributed by atoms with van der Waals surface area (Å²) in [4.78, 5) is 37.1. The molecular weight excluding hydrogens is 458 g/mol. The summed E-state index contributed by atoms with van der Waals surface area (Å²) in [5, 5.41) is 7.62. The number of anilines is 1. The number of aryl methyl sites for hydroxylation is 1. The smallest absolute Gasteiger partial charge is 0.348 e. The Morgan fingerprint density at radius 2 is 1.84 bits per heavy atom. The predicted octanol–water partition coefficient (Wildman–Crippen LogP) is 4.08. The summed E-state index contributed by atoms with van der Waals surface area (Å²) < 4.78 is 16.6. The molecule has 32 heavy (non-hydrogen) atoms. The predicted molar refractivity (Wildman–Crippen MR) is 119 cm³/mol. The molecule has 2 aromatic heterocycles. The van der Waals surface area contributed by atoms with Gasteiger partial charge in [-0.25, -0.2) is 14.3 Å². The van der Waals surface area contributed by atoms with Crippen LogP contribution in [0.2, 0.25) is 5.02 Å². The first-order chi connectivity index (χ1) is 15.2. The minimum Gasteiger partial charge on any atom is -0.471 e. The van der Waals surface area contributed by atoms with E-state index in [2.05, 4.69) is 10.4 Å². The topological polar surface area (TPSA) is 109 Å². The Morgan fingerprint density at radius 1 is 1.12 bits per heavy atom. The van der Waals surface area contributed by atoms with E-state index in [1.165, 1.54) is 25.0 Å². The Labute approximate surface area is 192 Å². The van der Waals surface area contributed by atoms with E-state index in [0.717, 1.165) is 16.9 Å². The Balaban J connectivity index is 1.75. The third-order valence-corrected chi connectivity index (χ3v) is 6.11. The van der Waals surface area contributed by atoms with Gasteiger partial charge in [0.2, 0.25) is 0 Å². The lowest BCUT2D eigenvalue weighted by molar-refractivity contribution is 0.0601. The highest BCUT2D eigenvalue weighted by Gasteiger charge is 2.27. The number of halogens is 1. The van der Waals surface area contributed by atoms with E-state index in [9.17, 15) is 14.4 Å². The van der Waals surface area contributed by atoms with E-state index in [-0.39, 0.29) is 27.9 Å². The second-order valence-electron chi connectivity index (χ2n) is 6.62. The van der Waals surface area contributed by atoms with Gasteiger partial charge in [0.25, 0.3) is 5.91 Å². The second kappa shape index (κ2) is 9.84. The number of rotatable bonds is 7. The van der Waals surface area contributed by atoms with E-state index in [0.29, 0.717) is 16.3 Å². The molecule has 168 valence electrons. The highest BCUT2D eigenvalue weighted by atomic mass is 35.5. The van der Waals surface area contributed by atoms with Crippen LogP contribution in [0, 0.1) is 13.8 Å². The highest BCUT2D eigenvalue weighted by molar-refractivity contribution is 7.18. The van der Waals surface area contributed by atoms with Crippen molar-refractivity contribution in [1.82, 2.24) is 9.78 Å². The number of hydrogen-bond acceptors (Lipinski definition) is 8. The van der Waals surface area contributed by atoms with Gasteiger partial charge in [-0.3, -0.25) is 4.79 Å². The molecule has 9 nitrogen and oxygen atoms in total. The first-order valence-electron chi connectivity index (χ1n) is 9.29. The van der Waals surface area contributed by atoms with Crippen molar-refractivity contribution in [2.75, 3.05) is 19.5 Å². The molecule has 1 N–H and O–H groups in total. The Hall–Kier alpha value is -3.37. The van der Waals surface area contributed by atoms with E-state index >= 15 is 0 Å². The van der Waals surface area contributed by atoms with Gasteiger partial charge in [0.15, 0.2) is 12.4 Å². The molecule has 0 atom stereocenters. The van der Waals surface area contributed by atoms with Gasteiger partial charge in [-0.1, -0.05) is 11.6 Å². The number of ether oxygens (including phenoxy) is 3.